The fourth-order valence-electron chi connectivity index (χ4n) is 3.54. The summed E-state index contributed by atoms with van der Waals surface area (Å²) in [6, 6.07) is 18.0. The Balaban J connectivity index is 1.79. The molecule has 0 radical (unpaired) electrons. The van der Waals surface area contributed by atoms with Gasteiger partial charge in [0, 0.05) is 6.07 Å². The molecule has 1 atom stereocenters. The normalized spacial score (nSPS) is 15.9. The molecule has 1 heterocycles. The molecule has 0 aliphatic carbocycles. The standard InChI is InChI=1S/C23H16N6O7/c30-21-19(22(31)27(23(32)24-21)15-9-5-2-6-10-15)20(14-7-3-1-4-8-14)26-25-17-12-11-16(28(33)34)13-18(17)29(35)36/h1-13,19,25H,(H,24,30,32)/b26-20+. The van der Waals surface area contributed by atoms with Gasteiger partial charge in [-0.25, -0.2) is 9.69 Å². The number of nitrogens with zero attached hydrogens (tertiary/aromatic N) is 4. The number of para-hydroxylation sites is 1. The molecule has 4 rings (SSSR count). The van der Waals surface area contributed by atoms with E-state index in [0.29, 0.717) is 5.56 Å². The zero-order valence-electron chi connectivity index (χ0n) is 18.2. The third-order valence-corrected chi connectivity index (χ3v) is 5.21. The molecule has 1 unspecified atom stereocenters. The smallest absolute Gasteiger partial charge is 0.276 e. The van der Waals surface area contributed by atoms with Crippen molar-refractivity contribution in [3.63, 3.8) is 0 Å². The Hall–Kier alpha value is -5.46. The Morgan fingerprint density at radius 3 is 2.14 bits per heavy atom. The van der Waals surface area contributed by atoms with Gasteiger partial charge in [-0.05, 0) is 23.8 Å². The van der Waals surface area contributed by atoms with E-state index in [9.17, 15) is 34.6 Å². The number of hydrogen-bond donors (Lipinski definition) is 2. The van der Waals surface area contributed by atoms with Crippen molar-refractivity contribution in [2.45, 2.75) is 0 Å². The van der Waals surface area contributed by atoms with E-state index >= 15 is 0 Å². The number of barbiturate groups is 1. The van der Waals surface area contributed by atoms with Crippen molar-refractivity contribution in [1.29, 1.82) is 0 Å². The van der Waals surface area contributed by atoms with Crippen molar-refractivity contribution in [3.05, 3.63) is 105 Å². The molecule has 0 spiro atoms. The fourth-order valence-corrected chi connectivity index (χ4v) is 3.54. The maximum Gasteiger partial charge on any atom is 0.335 e. The number of rotatable bonds is 7. The van der Waals surface area contributed by atoms with E-state index in [0.717, 1.165) is 23.1 Å². The number of nitrogens with one attached hydrogen (secondary N) is 2. The first kappa shape index (κ1) is 23.7. The molecule has 1 saturated heterocycles. The topological polar surface area (TPSA) is 177 Å². The quantitative estimate of drug-likeness (QED) is 0.220. The van der Waals surface area contributed by atoms with Crippen LogP contribution in [0, 0.1) is 26.1 Å². The summed E-state index contributed by atoms with van der Waals surface area (Å²) in [4.78, 5) is 60.4. The Kier molecular flexibility index (Phi) is 6.45. The maximum absolute atomic E-state index is 13.4. The number of nitro benzene ring substituents is 2. The molecular formula is C23H16N6O7. The molecule has 0 saturated carbocycles. The van der Waals surface area contributed by atoms with Gasteiger partial charge in [0.2, 0.25) is 5.91 Å². The highest BCUT2D eigenvalue weighted by Crippen LogP contribution is 2.30. The Morgan fingerprint density at radius 1 is 0.889 bits per heavy atom. The van der Waals surface area contributed by atoms with Crippen molar-refractivity contribution in [2.24, 2.45) is 11.0 Å². The highest BCUT2D eigenvalue weighted by Gasteiger charge is 2.44. The zero-order chi connectivity index (χ0) is 25.8. The van der Waals surface area contributed by atoms with Gasteiger partial charge in [-0.2, -0.15) is 5.10 Å². The van der Waals surface area contributed by atoms with E-state index in [1.807, 2.05) is 0 Å². The molecule has 180 valence electrons. The lowest BCUT2D eigenvalue weighted by atomic mass is 9.93. The number of carbonyl (C=O) groups is 3. The average molecular weight is 488 g/mol. The van der Waals surface area contributed by atoms with Gasteiger partial charge >= 0.3 is 11.7 Å². The van der Waals surface area contributed by atoms with Crippen LogP contribution in [-0.4, -0.2) is 33.4 Å². The monoisotopic (exact) mass is 488 g/mol. The molecule has 1 fully saturated rings. The lowest BCUT2D eigenvalue weighted by Gasteiger charge is -2.30. The molecule has 0 aromatic heterocycles. The van der Waals surface area contributed by atoms with Crippen LogP contribution in [-0.2, 0) is 9.59 Å². The number of hydrogen-bond acceptors (Lipinski definition) is 9. The van der Waals surface area contributed by atoms with Crippen molar-refractivity contribution >= 4 is 46.3 Å². The summed E-state index contributed by atoms with van der Waals surface area (Å²) in [5.74, 6) is -3.40. The van der Waals surface area contributed by atoms with Crippen molar-refractivity contribution < 1.29 is 24.2 Å². The molecule has 3 aromatic carbocycles. The third-order valence-electron chi connectivity index (χ3n) is 5.21. The molecule has 1 aliphatic rings. The predicted molar refractivity (Wildman–Crippen MR) is 127 cm³/mol. The van der Waals surface area contributed by atoms with Crippen molar-refractivity contribution in [2.75, 3.05) is 10.3 Å². The number of anilines is 2. The van der Waals surface area contributed by atoms with E-state index in [-0.39, 0.29) is 17.1 Å². The third kappa shape index (κ3) is 4.61. The van der Waals surface area contributed by atoms with Crippen LogP contribution in [0.4, 0.5) is 27.5 Å². The van der Waals surface area contributed by atoms with Gasteiger partial charge in [0.15, 0.2) is 5.92 Å². The van der Waals surface area contributed by atoms with Crippen LogP contribution < -0.4 is 15.6 Å². The van der Waals surface area contributed by atoms with Crippen LogP contribution in [0.1, 0.15) is 5.56 Å². The number of imide groups is 2. The minimum atomic E-state index is -1.59. The summed E-state index contributed by atoms with van der Waals surface area (Å²) >= 11 is 0. The van der Waals surface area contributed by atoms with E-state index in [1.165, 1.54) is 12.1 Å². The highest BCUT2D eigenvalue weighted by atomic mass is 16.6. The number of non-ortho nitro benzene ring substituents is 1. The van der Waals surface area contributed by atoms with Gasteiger partial charge < -0.3 is 0 Å². The van der Waals surface area contributed by atoms with Gasteiger partial charge in [0.05, 0.1) is 27.3 Å². The van der Waals surface area contributed by atoms with Crippen LogP contribution in [0.2, 0.25) is 0 Å². The summed E-state index contributed by atoms with van der Waals surface area (Å²) in [6.45, 7) is 0. The lowest BCUT2D eigenvalue weighted by Crippen LogP contribution is -2.60. The summed E-state index contributed by atoms with van der Waals surface area (Å²) in [5.41, 5.74) is 1.53. The average Bonchev–Trinajstić information content (AvgIpc) is 2.86. The second-order valence-corrected chi connectivity index (χ2v) is 7.43. The number of urea groups is 1. The molecule has 2 N–H and O–H groups in total. The van der Waals surface area contributed by atoms with Gasteiger partial charge in [-0.1, -0.05) is 48.5 Å². The number of benzene rings is 3. The number of hydrazone groups is 1. The van der Waals surface area contributed by atoms with Gasteiger partial charge in [-0.15, -0.1) is 0 Å². The van der Waals surface area contributed by atoms with Crippen LogP contribution in [0.25, 0.3) is 0 Å². The summed E-state index contributed by atoms with van der Waals surface area (Å²) in [7, 11) is 0. The predicted octanol–water partition coefficient (Wildman–Crippen LogP) is 3.22. The molecule has 13 heteroatoms. The summed E-state index contributed by atoms with van der Waals surface area (Å²) in [5, 5.41) is 28.8. The van der Waals surface area contributed by atoms with Crippen molar-refractivity contribution in [1.82, 2.24) is 5.32 Å². The summed E-state index contributed by atoms with van der Waals surface area (Å²) < 4.78 is 0. The second kappa shape index (κ2) is 9.80. The fraction of sp³-hybridized carbons (Fsp3) is 0.0435. The molecule has 1 aliphatic heterocycles. The Labute approximate surface area is 202 Å². The van der Waals surface area contributed by atoms with E-state index < -0.39 is 45.0 Å². The van der Waals surface area contributed by atoms with Gasteiger partial charge in [0.1, 0.15) is 5.69 Å². The minimum absolute atomic E-state index is 0.126. The van der Waals surface area contributed by atoms with Crippen LogP contribution >= 0.6 is 0 Å². The van der Waals surface area contributed by atoms with Gasteiger partial charge in [0.25, 0.3) is 11.6 Å². The molecular weight excluding hydrogens is 472 g/mol. The highest BCUT2D eigenvalue weighted by molar-refractivity contribution is 6.37. The zero-order valence-corrected chi connectivity index (χ0v) is 18.2. The minimum Gasteiger partial charge on any atom is -0.276 e. The molecule has 0 bridgehead atoms. The molecule has 3 aromatic rings. The van der Waals surface area contributed by atoms with Crippen LogP contribution in [0.5, 0.6) is 0 Å². The lowest BCUT2D eigenvalue weighted by molar-refractivity contribution is -0.393. The maximum atomic E-state index is 13.4. The number of nitro groups is 2. The van der Waals surface area contributed by atoms with E-state index in [4.69, 9.17) is 0 Å². The van der Waals surface area contributed by atoms with Crippen LogP contribution in [0.3, 0.4) is 0 Å². The summed E-state index contributed by atoms with van der Waals surface area (Å²) in [6.07, 6.45) is 0. The molecule has 36 heavy (non-hydrogen) atoms. The van der Waals surface area contributed by atoms with Crippen LogP contribution in [0.15, 0.2) is 84.0 Å². The van der Waals surface area contributed by atoms with E-state index in [1.54, 1.807) is 48.5 Å². The Bertz CT molecular complexity index is 1410. The first-order valence-corrected chi connectivity index (χ1v) is 10.3. The number of amides is 4. The molecule has 4 amide bonds. The van der Waals surface area contributed by atoms with Crippen molar-refractivity contribution in [3.8, 4) is 0 Å². The SMILES string of the molecule is O=C1NC(=O)N(c2ccccc2)C(=O)C1/C(=N/Nc1ccc([N+](=O)[O-])cc1[N+](=O)[O-])c1ccccc1. The Morgan fingerprint density at radius 2 is 1.53 bits per heavy atom. The van der Waals surface area contributed by atoms with Gasteiger partial charge in [-0.3, -0.25) is 40.6 Å². The number of carbonyl (C=O) groups excluding carboxylic acids is 3. The second-order valence-electron chi connectivity index (χ2n) is 7.43. The largest absolute Gasteiger partial charge is 0.335 e. The molecule has 13 nitrogen and oxygen atoms in total. The van der Waals surface area contributed by atoms with E-state index in [2.05, 4.69) is 15.8 Å². The first-order valence-electron chi connectivity index (χ1n) is 10.3. The first-order chi connectivity index (χ1) is 17.3.